The second-order valence-corrected chi connectivity index (χ2v) is 4.74. The Morgan fingerprint density at radius 3 is 3.06 bits per heavy atom. The SMILES string of the molecule is Cn1ccnc1CCNc1nc(Cl)c(C#N)s1. The van der Waals surface area contributed by atoms with E-state index in [-0.39, 0.29) is 5.15 Å². The standard InChI is InChI=1S/C10H10ClN5S/c1-16-5-4-13-8(16)2-3-14-10-15-9(11)7(6-12)17-10/h4-5H,2-3H2,1H3,(H,14,15). The molecule has 17 heavy (non-hydrogen) atoms. The van der Waals surface area contributed by atoms with E-state index in [1.807, 2.05) is 23.9 Å². The molecule has 0 spiro atoms. The normalized spacial score (nSPS) is 10.2. The molecular formula is C10H10ClN5S. The van der Waals surface area contributed by atoms with Crippen molar-refractivity contribution in [2.45, 2.75) is 6.42 Å². The lowest BCUT2D eigenvalue weighted by Crippen LogP contribution is -2.08. The molecule has 0 bridgehead atoms. The summed E-state index contributed by atoms with van der Waals surface area (Å²) >= 11 is 7.03. The number of aryl methyl sites for hydroxylation is 1. The summed E-state index contributed by atoms with van der Waals surface area (Å²) in [7, 11) is 1.95. The van der Waals surface area contributed by atoms with Crippen LogP contribution in [0.15, 0.2) is 12.4 Å². The van der Waals surface area contributed by atoms with Crippen molar-refractivity contribution in [1.82, 2.24) is 14.5 Å². The third kappa shape index (κ3) is 2.75. The van der Waals surface area contributed by atoms with Gasteiger partial charge in [-0.2, -0.15) is 5.26 Å². The van der Waals surface area contributed by atoms with Gasteiger partial charge in [-0.15, -0.1) is 0 Å². The van der Waals surface area contributed by atoms with E-state index < -0.39 is 0 Å². The minimum atomic E-state index is 0.261. The second kappa shape index (κ2) is 5.17. The number of imidazole rings is 1. The summed E-state index contributed by atoms with van der Waals surface area (Å²) in [5.74, 6) is 1.00. The monoisotopic (exact) mass is 267 g/mol. The fraction of sp³-hybridized carbons (Fsp3) is 0.300. The summed E-state index contributed by atoms with van der Waals surface area (Å²) in [5.41, 5.74) is 0. The van der Waals surface area contributed by atoms with E-state index in [0.717, 1.165) is 12.2 Å². The van der Waals surface area contributed by atoms with E-state index in [1.54, 1.807) is 6.20 Å². The molecule has 88 valence electrons. The van der Waals surface area contributed by atoms with Crippen molar-refractivity contribution in [2.75, 3.05) is 11.9 Å². The average Bonchev–Trinajstić information content (AvgIpc) is 2.86. The van der Waals surface area contributed by atoms with E-state index in [1.165, 1.54) is 11.3 Å². The summed E-state index contributed by atoms with van der Waals surface area (Å²) in [5, 5.41) is 12.8. The van der Waals surface area contributed by atoms with Gasteiger partial charge in [0.05, 0.1) is 0 Å². The summed E-state index contributed by atoms with van der Waals surface area (Å²) < 4.78 is 1.97. The van der Waals surface area contributed by atoms with Gasteiger partial charge in [-0.25, -0.2) is 9.97 Å². The highest BCUT2D eigenvalue weighted by Crippen LogP contribution is 2.25. The van der Waals surface area contributed by atoms with Gasteiger partial charge in [0.25, 0.3) is 0 Å². The highest BCUT2D eigenvalue weighted by atomic mass is 35.5. The number of anilines is 1. The molecule has 0 aromatic carbocycles. The average molecular weight is 268 g/mol. The number of rotatable bonds is 4. The van der Waals surface area contributed by atoms with Crippen LogP contribution in [0, 0.1) is 11.3 Å². The molecule has 0 aliphatic carbocycles. The Hall–Kier alpha value is -1.58. The fourth-order valence-corrected chi connectivity index (χ4v) is 2.34. The van der Waals surface area contributed by atoms with E-state index in [4.69, 9.17) is 16.9 Å². The lowest BCUT2D eigenvalue weighted by atomic mass is 10.4. The Kier molecular flexibility index (Phi) is 3.61. The molecule has 0 fully saturated rings. The highest BCUT2D eigenvalue weighted by molar-refractivity contribution is 7.16. The number of nitrogens with one attached hydrogen (secondary N) is 1. The van der Waals surface area contributed by atoms with Crippen LogP contribution in [0.25, 0.3) is 0 Å². The molecule has 0 radical (unpaired) electrons. The number of nitrogens with zero attached hydrogens (tertiary/aromatic N) is 4. The Morgan fingerprint density at radius 2 is 2.47 bits per heavy atom. The maximum Gasteiger partial charge on any atom is 0.185 e. The van der Waals surface area contributed by atoms with Gasteiger partial charge < -0.3 is 9.88 Å². The Bertz CT molecular complexity index is 553. The first-order valence-corrected chi connectivity index (χ1v) is 6.16. The molecule has 2 aromatic heterocycles. The van der Waals surface area contributed by atoms with Gasteiger partial charge in [0.2, 0.25) is 0 Å². The lowest BCUT2D eigenvalue weighted by molar-refractivity contribution is 0.789. The third-order valence-electron chi connectivity index (χ3n) is 2.23. The van der Waals surface area contributed by atoms with Crippen LogP contribution >= 0.6 is 22.9 Å². The molecule has 2 aromatic rings. The van der Waals surface area contributed by atoms with E-state index in [2.05, 4.69) is 15.3 Å². The maximum atomic E-state index is 8.74. The van der Waals surface area contributed by atoms with Crippen molar-refractivity contribution in [3.63, 3.8) is 0 Å². The first kappa shape index (κ1) is 11.9. The largest absolute Gasteiger partial charge is 0.361 e. The number of nitriles is 1. The van der Waals surface area contributed by atoms with Gasteiger partial charge in [0.15, 0.2) is 10.3 Å². The van der Waals surface area contributed by atoms with Crippen LogP contribution in [0.4, 0.5) is 5.13 Å². The van der Waals surface area contributed by atoms with Crippen molar-refractivity contribution < 1.29 is 0 Å². The van der Waals surface area contributed by atoms with E-state index >= 15 is 0 Å². The number of thiazole rings is 1. The Morgan fingerprint density at radius 1 is 1.65 bits per heavy atom. The number of hydrogen-bond donors (Lipinski definition) is 1. The summed E-state index contributed by atoms with van der Waals surface area (Å²) in [6.45, 7) is 0.708. The summed E-state index contributed by atoms with van der Waals surface area (Å²) in [4.78, 5) is 8.70. The fourth-order valence-electron chi connectivity index (χ4n) is 1.36. The molecule has 0 atom stereocenters. The minimum Gasteiger partial charge on any atom is -0.361 e. The highest BCUT2D eigenvalue weighted by Gasteiger charge is 2.08. The van der Waals surface area contributed by atoms with Crippen molar-refractivity contribution in [3.8, 4) is 6.07 Å². The van der Waals surface area contributed by atoms with Crippen molar-refractivity contribution in [2.24, 2.45) is 7.05 Å². The van der Waals surface area contributed by atoms with Gasteiger partial charge in [0.1, 0.15) is 16.8 Å². The number of hydrogen-bond acceptors (Lipinski definition) is 5. The van der Waals surface area contributed by atoms with Gasteiger partial charge in [-0.1, -0.05) is 22.9 Å². The Labute approximate surface area is 108 Å². The van der Waals surface area contributed by atoms with Crippen LogP contribution in [0.5, 0.6) is 0 Å². The smallest absolute Gasteiger partial charge is 0.185 e. The first-order valence-electron chi connectivity index (χ1n) is 4.97. The number of halogens is 1. The lowest BCUT2D eigenvalue weighted by Gasteiger charge is -2.02. The zero-order valence-electron chi connectivity index (χ0n) is 9.14. The van der Waals surface area contributed by atoms with Crippen molar-refractivity contribution in [1.29, 1.82) is 5.26 Å². The zero-order chi connectivity index (χ0) is 12.3. The quantitative estimate of drug-likeness (QED) is 0.921. The Balaban J connectivity index is 1.90. The minimum absolute atomic E-state index is 0.261. The molecule has 0 aliphatic rings. The van der Waals surface area contributed by atoms with Crippen LogP contribution in [0.3, 0.4) is 0 Å². The molecule has 0 amide bonds. The van der Waals surface area contributed by atoms with Crippen LogP contribution in [-0.2, 0) is 13.5 Å². The predicted molar refractivity (Wildman–Crippen MR) is 67.2 cm³/mol. The zero-order valence-corrected chi connectivity index (χ0v) is 10.7. The van der Waals surface area contributed by atoms with Crippen LogP contribution < -0.4 is 5.32 Å². The molecule has 2 rings (SSSR count). The second-order valence-electron chi connectivity index (χ2n) is 3.38. The molecule has 0 saturated heterocycles. The third-order valence-corrected chi connectivity index (χ3v) is 3.54. The molecule has 5 nitrogen and oxygen atoms in total. The molecule has 7 heteroatoms. The maximum absolute atomic E-state index is 8.74. The summed E-state index contributed by atoms with van der Waals surface area (Å²) in [6.07, 6.45) is 4.47. The van der Waals surface area contributed by atoms with Gasteiger partial charge >= 0.3 is 0 Å². The van der Waals surface area contributed by atoms with Gasteiger partial charge in [0, 0.05) is 32.4 Å². The van der Waals surface area contributed by atoms with E-state index in [0.29, 0.717) is 16.6 Å². The van der Waals surface area contributed by atoms with Gasteiger partial charge in [-0.05, 0) is 0 Å². The van der Waals surface area contributed by atoms with Crippen LogP contribution in [0.2, 0.25) is 5.15 Å². The van der Waals surface area contributed by atoms with Crippen LogP contribution in [-0.4, -0.2) is 21.1 Å². The predicted octanol–water partition coefficient (Wildman–Crippen LogP) is 2.06. The van der Waals surface area contributed by atoms with E-state index in [9.17, 15) is 0 Å². The first-order chi connectivity index (χ1) is 8.20. The molecule has 0 aliphatic heterocycles. The molecular weight excluding hydrogens is 258 g/mol. The van der Waals surface area contributed by atoms with Crippen LogP contribution in [0.1, 0.15) is 10.7 Å². The topological polar surface area (TPSA) is 66.5 Å². The van der Waals surface area contributed by atoms with Crippen molar-refractivity contribution >= 4 is 28.1 Å². The van der Waals surface area contributed by atoms with Crippen molar-refractivity contribution in [3.05, 3.63) is 28.2 Å². The molecule has 2 heterocycles. The number of aromatic nitrogens is 3. The molecule has 0 saturated carbocycles. The summed E-state index contributed by atoms with van der Waals surface area (Å²) in [6, 6.07) is 2.00. The molecule has 1 N–H and O–H groups in total. The molecule has 0 unspecified atom stereocenters. The van der Waals surface area contributed by atoms with Gasteiger partial charge in [-0.3, -0.25) is 0 Å².